The van der Waals surface area contributed by atoms with Crippen LogP contribution < -0.4 is 20.9 Å². The van der Waals surface area contributed by atoms with Gasteiger partial charge in [-0.2, -0.15) is 10.1 Å². The van der Waals surface area contributed by atoms with Crippen molar-refractivity contribution < 1.29 is 28.5 Å². The number of anilines is 3. The monoisotopic (exact) mass is 828 g/mol. The fraction of sp³-hybridized carbons (Fsp3) is 0.442. The number of fused-ring (bicyclic) bond motifs is 2. The molecule has 5 aromatic rings. The summed E-state index contributed by atoms with van der Waals surface area (Å²) in [6, 6.07) is 8.30. The molecule has 6 amide bonds. The number of aryl methyl sites for hydroxylation is 1. The van der Waals surface area contributed by atoms with Crippen LogP contribution in [0.2, 0.25) is 0 Å². The van der Waals surface area contributed by atoms with Crippen LogP contribution in [0, 0.1) is 12.3 Å². The first-order valence-electron chi connectivity index (χ1n) is 20.9. The van der Waals surface area contributed by atoms with Crippen molar-refractivity contribution in [1.82, 2.24) is 44.8 Å². The number of urea groups is 1. The van der Waals surface area contributed by atoms with Crippen LogP contribution in [0.15, 0.2) is 53.4 Å². The average molecular weight is 829 g/mol. The molecule has 1 saturated carbocycles. The van der Waals surface area contributed by atoms with Gasteiger partial charge in [-0.1, -0.05) is 31.8 Å². The number of rotatable bonds is 10. The average Bonchev–Trinajstić information content (AvgIpc) is 4.06. The van der Waals surface area contributed by atoms with Crippen LogP contribution in [0.25, 0.3) is 17.2 Å². The lowest BCUT2D eigenvalue weighted by molar-refractivity contribution is -0.137. The minimum absolute atomic E-state index is 0.0430. The van der Waals surface area contributed by atoms with Crippen LogP contribution in [0.5, 0.6) is 0 Å². The van der Waals surface area contributed by atoms with Gasteiger partial charge in [-0.15, -0.1) is 0 Å². The standard InChI is InChI=1S/C43H48N12O6/c1-25-18-28(47-42(60)48-31-23-44-33-12-13-46-55(33)38(31)26-6-4-5-7-26)22-45-37(25)39-50-35(61-51-39)20-43(2,3)21-36(57)53-16-14-52(15-17-53)29-8-9-30-27(19-29)24-54(41(30)59)32-10-11-34(56)49-40(32)58/h8-9,12-13,18-19,22-23,26,32H,4-7,10-11,14-17,20-21,24H2,1-3H3,(H2,47,48,60)(H,49,56,58). The Bertz CT molecular complexity index is 2550. The summed E-state index contributed by atoms with van der Waals surface area (Å²) in [6.07, 6.45) is 10.5. The number of carbonyl (C=O) groups excluding carboxylic acids is 5. The molecular weight excluding hydrogens is 781 g/mol. The molecule has 1 atom stereocenters. The van der Waals surface area contributed by atoms with Crippen LogP contribution in [0.3, 0.4) is 0 Å². The Labute approximate surface area is 351 Å². The van der Waals surface area contributed by atoms with Crippen LogP contribution >= 0.6 is 0 Å². The molecule has 1 aromatic carbocycles. The lowest BCUT2D eigenvalue weighted by atomic mass is 9.85. The first kappa shape index (κ1) is 39.7. The minimum atomic E-state index is -0.657. The molecule has 3 N–H and O–H groups in total. The molecule has 61 heavy (non-hydrogen) atoms. The molecule has 7 heterocycles. The molecule has 0 spiro atoms. The van der Waals surface area contributed by atoms with E-state index in [-0.39, 0.29) is 30.6 Å². The molecule has 1 aliphatic carbocycles. The maximum Gasteiger partial charge on any atom is 0.323 e. The molecule has 9 rings (SSSR count). The Morgan fingerprint density at radius 1 is 0.967 bits per heavy atom. The van der Waals surface area contributed by atoms with Gasteiger partial charge in [0.1, 0.15) is 11.7 Å². The second-order valence-electron chi connectivity index (χ2n) is 17.2. The molecule has 4 aliphatic rings. The Hall–Kier alpha value is -6.72. The predicted octanol–water partition coefficient (Wildman–Crippen LogP) is 4.85. The summed E-state index contributed by atoms with van der Waals surface area (Å²) in [7, 11) is 0. The van der Waals surface area contributed by atoms with E-state index in [0.717, 1.165) is 53.8 Å². The van der Waals surface area contributed by atoms with Crippen molar-refractivity contribution in [2.75, 3.05) is 41.7 Å². The van der Waals surface area contributed by atoms with Crippen molar-refractivity contribution in [1.29, 1.82) is 0 Å². The number of amides is 6. The third-order valence-corrected chi connectivity index (χ3v) is 12.2. The number of piperidine rings is 1. The summed E-state index contributed by atoms with van der Waals surface area (Å²) in [5.41, 5.74) is 6.01. The molecule has 18 nitrogen and oxygen atoms in total. The van der Waals surface area contributed by atoms with E-state index in [1.165, 1.54) is 0 Å². The van der Waals surface area contributed by atoms with Crippen molar-refractivity contribution in [2.45, 2.75) is 90.6 Å². The summed E-state index contributed by atoms with van der Waals surface area (Å²) in [6.45, 7) is 8.55. The van der Waals surface area contributed by atoms with Gasteiger partial charge in [0.2, 0.25) is 29.4 Å². The van der Waals surface area contributed by atoms with Crippen LogP contribution in [-0.2, 0) is 27.3 Å². The summed E-state index contributed by atoms with van der Waals surface area (Å²) in [4.78, 5) is 83.3. The highest BCUT2D eigenvalue weighted by molar-refractivity contribution is 6.05. The summed E-state index contributed by atoms with van der Waals surface area (Å²) < 4.78 is 7.46. The SMILES string of the molecule is Cc1cc(NC(=O)Nc2cnc3ccnn3c2C2CCCC2)cnc1-c1noc(CC(C)(C)CC(=O)N2CCN(c3ccc4c(c3)CN(C3CCC(=O)NC3=O)C4=O)CC2)n1. The Kier molecular flexibility index (Phi) is 10.4. The van der Waals surface area contributed by atoms with E-state index >= 15 is 0 Å². The molecule has 316 valence electrons. The van der Waals surface area contributed by atoms with E-state index in [9.17, 15) is 24.0 Å². The van der Waals surface area contributed by atoms with E-state index in [1.54, 1.807) is 29.6 Å². The van der Waals surface area contributed by atoms with E-state index < -0.39 is 23.4 Å². The quantitative estimate of drug-likeness (QED) is 0.161. The maximum atomic E-state index is 13.6. The van der Waals surface area contributed by atoms with Crippen molar-refractivity contribution in [3.05, 3.63) is 77.2 Å². The summed E-state index contributed by atoms with van der Waals surface area (Å²) in [5.74, 6) is 0.111. The van der Waals surface area contributed by atoms with Gasteiger partial charge < -0.3 is 29.9 Å². The normalized spacial score (nSPS) is 18.5. The first-order chi connectivity index (χ1) is 29.4. The van der Waals surface area contributed by atoms with Crippen LogP contribution in [0.1, 0.15) is 97.8 Å². The van der Waals surface area contributed by atoms with Gasteiger partial charge in [0.15, 0.2) is 5.65 Å². The second kappa shape index (κ2) is 16.0. The molecule has 2 saturated heterocycles. The number of piperazine rings is 1. The number of hydrogen-bond acceptors (Lipinski definition) is 12. The second-order valence-corrected chi connectivity index (χ2v) is 17.2. The van der Waals surface area contributed by atoms with Gasteiger partial charge in [-0.05, 0) is 67.0 Å². The highest BCUT2D eigenvalue weighted by Crippen LogP contribution is 2.38. The zero-order valence-electron chi connectivity index (χ0n) is 34.4. The number of nitrogens with one attached hydrogen (secondary N) is 3. The zero-order valence-corrected chi connectivity index (χ0v) is 34.4. The topological polar surface area (TPSA) is 213 Å². The van der Waals surface area contributed by atoms with E-state index in [2.05, 4.69) is 46.1 Å². The lowest BCUT2D eigenvalue weighted by Crippen LogP contribution is -2.52. The van der Waals surface area contributed by atoms with Crippen LogP contribution in [0.4, 0.5) is 21.9 Å². The van der Waals surface area contributed by atoms with Gasteiger partial charge >= 0.3 is 6.03 Å². The number of imide groups is 1. The predicted molar refractivity (Wildman–Crippen MR) is 222 cm³/mol. The third-order valence-electron chi connectivity index (χ3n) is 12.2. The van der Waals surface area contributed by atoms with Gasteiger partial charge in [0.25, 0.3) is 5.91 Å². The van der Waals surface area contributed by atoms with E-state index in [1.807, 2.05) is 54.5 Å². The van der Waals surface area contributed by atoms with Crippen molar-refractivity contribution in [2.24, 2.45) is 5.41 Å². The fourth-order valence-corrected chi connectivity index (χ4v) is 9.13. The van der Waals surface area contributed by atoms with Gasteiger partial charge in [-0.25, -0.2) is 14.3 Å². The van der Waals surface area contributed by atoms with Crippen molar-refractivity contribution in [3.63, 3.8) is 0 Å². The summed E-state index contributed by atoms with van der Waals surface area (Å²) >= 11 is 0. The molecule has 0 bridgehead atoms. The Balaban J connectivity index is 0.768. The molecule has 3 fully saturated rings. The Morgan fingerprint density at radius 3 is 2.54 bits per heavy atom. The van der Waals surface area contributed by atoms with Crippen molar-refractivity contribution in [3.8, 4) is 11.5 Å². The highest BCUT2D eigenvalue weighted by atomic mass is 16.5. The highest BCUT2D eigenvalue weighted by Gasteiger charge is 2.39. The largest absolute Gasteiger partial charge is 0.368 e. The minimum Gasteiger partial charge on any atom is -0.368 e. The number of aromatic nitrogens is 6. The van der Waals surface area contributed by atoms with Gasteiger partial charge in [0.05, 0.1) is 35.7 Å². The molecule has 0 radical (unpaired) electrons. The van der Waals surface area contributed by atoms with Gasteiger partial charge in [0, 0.05) is 75.2 Å². The number of carbonyl (C=O) groups is 5. The lowest BCUT2D eigenvalue weighted by Gasteiger charge is -2.37. The zero-order chi connectivity index (χ0) is 42.4. The van der Waals surface area contributed by atoms with E-state index in [4.69, 9.17) is 4.52 Å². The number of pyridine rings is 1. The number of hydrogen-bond donors (Lipinski definition) is 3. The van der Waals surface area contributed by atoms with Crippen LogP contribution in [-0.4, -0.2) is 101 Å². The Morgan fingerprint density at radius 2 is 1.77 bits per heavy atom. The first-order valence-corrected chi connectivity index (χ1v) is 20.9. The summed E-state index contributed by atoms with van der Waals surface area (Å²) in [5, 5.41) is 16.9. The fourth-order valence-electron chi connectivity index (χ4n) is 9.13. The molecule has 4 aromatic heterocycles. The molecule has 1 unspecified atom stereocenters. The molecule has 18 heteroatoms. The number of nitrogens with zero attached hydrogens (tertiary/aromatic N) is 9. The smallest absolute Gasteiger partial charge is 0.323 e. The van der Waals surface area contributed by atoms with E-state index in [0.29, 0.717) is 85.8 Å². The maximum absolute atomic E-state index is 13.6. The van der Waals surface area contributed by atoms with Crippen molar-refractivity contribution >= 4 is 52.4 Å². The number of benzene rings is 1. The molecular formula is C43H48N12O6. The third kappa shape index (κ3) is 8.13. The van der Waals surface area contributed by atoms with Gasteiger partial charge in [-0.3, -0.25) is 29.5 Å². The molecule has 3 aliphatic heterocycles.